The number of rotatable bonds is 7. The van der Waals surface area contributed by atoms with Crippen LogP contribution in [0.2, 0.25) is 0 Å². The predicted molar refractivity (Wildman–Crippen MR) is 87.1 cm³/mol. The van der Waals surface area contributed by atoms with E-state index < -0.39 is 0 Å². The van der Waals surface area contributed by atoms with E-state index in [-0.39, 0.29) is 5.56 Å². The molecule has 2 aromatic heterocycles. The number of aromatic nitrogens is 2. The number of anilines is 1. The highest BCUT2D eigenvalue weighted by atomic mass is 32.1. The van der Waals surface area contributed by atoms with Gasteiger partial charge in [-0.15, -0.1) is 11.3 Å². The summed E-state index contributed by atoms with van der Waals surface area (Å²) in [5.41, 5.74) is 1.32. The molecular formula is C15H21N3O2S. The molecule has 6 heteroatoms. The van der Waals surface area contributed by atoms with E-state index in [1.165, 1.54) is 11.3 Å². The molecule has 0 aliphatic rings. The fourth-order valence-electron chi connectivity index (χ4n) is 1.87. The molecule has 0 amide bonds. The summed E-state index contributed by atoms with van der Waals surface area (Å²) < 4.78 is 6.68. The summed E-state index contributed by atoms with van der Waals surface area (Å²) in [7, 11) is 1.63. The van der Waals surface area contributed by atoms with Crippen LogP contribution >= 0.6 is 11.3 Å². The molecule has 1 N–H and O–H groups in total. The molecule has 0 radical (unpaired) electrons. The summed E-state index contributed by atoms with van der Waals surface area (Å²) in [5.74, 6) is 0. The van der Waals surface area contributed by atoms with Gasteiger partial charge >= 0.3 is 0 Å². The van der Waals surface area contributed by atoms with Crippen LogP contribution in [0.1, 0.15) is 20.3 Å². The van der Waals surface area contributed by atoms with Gasteiger partial charge in [0.1, 0.15) is 0 Å². The minimum Gasteiger partial charge on any atom is -0.383 e. The highest BCUT2D eigenvalue weighted by Gasteiger charge is 2.11. The Morgan fingerprint density at radius 3 is 3.05 bits per heavy atom. The lowest BCUT2D eigenvalue weighted by Crippen LogP contribution is -2.22. The molecule has 21 heavy (non-hydrogen) atoms. The molecule has 0 aromatic carbocycles. The third-order valence-corrected chi connectivity index (χ3v) is 4.09. The second-order valence-corrected chi connectivity index (χ2v) is 5.76. The van der Waals surface area contributed by atoms with Crippen molar-refractivity contribution in [3.63, 3.8) is 0 Å². The van der Waals surface area contributed by atoms with Crippen molar-refractivity contribution in [3.05, 3.63) is 34.1 Å². The Labute approximate surface area is 128 Å². The van der Waals surface area contributed by atoms with Crippen LogP contribution in [0.5, 0.6) is 0 Å². The molecule has 1 unspecified atom stereocenters. The number of methoxy groups -OCH3 is 1. The fourth-order valence-corrected chi connectivity index (χ4v) is 2.70. The van der Waals surface area contributed by atoms with Crippen LogP contribution in [0, 0.1) is 0 Å². The minimum absolute atomic E-state index is 0.0325. The van der Waals surface area contributed by atoms with Gasteiger partial charge in [0.25, 0.3) is 5.56 Å². The van der Waals surface area contributed by atoms with Crippen molar-refractivity contribution in [2.75, 3.05) is 19.0 Å². The Balaban J connectivity index is 2.24. The summed E-state index contributed by atoms with van der Waals surface area (Å²) in [6.07, 6.45) is 2.81. The summed E-state index contributed by atoms with van der Waals surface area (Å²) in [4.78, 5) is 16.9. The lowest BCUT2D eigenvalue weighted by Gasteiger charge is -2.09. The molecular weight excluding hydrogens is 286 g/mol. The number of nitrogens with one attached hydrogen (secondary N) is 1. The Morgan fingerprint density at radius 1 is 1.52 bits per heavy atom. The Morgan fingerprint density at radius 2 is 2.33 bits per heavy atom. The maximum atomic E-state index is 12.4. The van der Waals surface area contributed by atoms with Crippen molar-refractivity contribution >= 4 is 16.5 Å². The van der Waals surface area contributed by atoms with E-state index in [4.69, 9.17) is 4.74 Å². The molecule has 0 aliphatic heterocycles. The van der Waals surface area contributed by atoms with Gasteiger partial charge in [-0.2, -0.15) is 0 Å². The monoisotopic (exact) mass is 307 g/mol. The number of hydrogen-bond donors (Lipinski definition) is 1. The standard InChI is InChI=1S/C15H21N3O2S/c1-4-11(2)16-15-17-13(10-21-15)12-6-5-7-18(14(12)19)8-9-20-3/h5-7,10-11H,4,8-9H2,1-3H3,(H,16,17). The number of ether oxygens (including phenoxy) is 1. The first-order chi connectivity index (χ1) is 10.2. The van der Waals surface area contributed by atoms with Gasteiger partial charge < -0.3 is 14.6 Å². The highest BCUT2D eigenvalue weighted by Crippen LogP contribution is 2.23. The van der Waals surface area contributed by atoms with Crippen molar-refractivity contribution < 1.29 is 4.74 Å². The first-order valence-corrected chi connectivity index (χ1v) is 7.94. The Kier molecular flexibility index (Phi) is 5.52. The van der Waals surface area contributed by atoms with Gasteiger partial charge in [0.2, 0.25) is 0 Å². The third kappa shape index (κ3) is 3.92. The average Bonchev–Trinajstić information content (AvgIpc) is 2.94. The van der Waals surface area contributed by atoms with E-state index in [0.717, 1.165) is 17.2 Å². The van der Waals surface area contributed by atoms with Gasteiger partial charge in [-0.3, -0.25) is 4.79 Å². The van der Waals surface area contributed by atoms with E-state index >= 15 is 0 Å². The van der Waals surface area contributed by atoms with E-state index in [0.29, 0.717) is 24.8 Å². The van der Waals surface area contributed by atoms with E-state index in [1.54, 1.807) is 17.9 Å². The number of nitrogens with zero attached hydrogens (tertiary/aromatic N) is 2. The first kappa shape index (κ1) is 15.7. The fraction of sp³-hybridized carbons (Fsp3) is 0.467. The molecule has 114 valence electrons. The van der Waals surface area contributed by atoms with Gasteiger partial charge in [0.15, 0.2) is 5.13 Å². The second-order valence-electron chi connectivity index (χ2n) is 4.90. The molecule has 0 fully saturated rings. The predicted octanol–water partition coefficient (Wildman–Crippen LogP) is 2.83. The molecule has 0 aliphatic carbocycles. The van der Waals surface area contributed by atoms with Crippen LogP contribution < -0.4 is 10.9 Å². The van der Waals surface area contributed by atoms with E-state index in [9.17, 15) is 4.79 Å². The minimum atomic E-state index is -0.0325. The maximum absolute atomic E-state index is 12.4. The number of thiazole rings is 1. The average molecular weight is 307 g/mol. The lowest BCUT2D eigenvalue weighted by atomic mass is 10.2. The van der Waals surface area contributed by atoms with Gasteiger partial charge in [-0.25, -0.2) is 4.98 Å². The molecule has 2 heterocycles. The maximum Gasteiger partial charge on any atom is 0.260 e. The van der Waals surface area contributed by atoms with Crippen molar-refractivity contribution in [3.8, 4) is 11.3 Å². The largest absolute Gasteiger partial charge is 0.383 e. The molecule has 2 rings (SSSR count). The van der Waals surface area contributed by atoms with Crippen LogP contribution in [0.4, 0.5) is 5.13 Å². The summed E-state index contributed by atoms with van der Waals surface area (Å²) in [6, 6.07) is 4.06. The van der Waals surface area contributed by atoms with Gasteiger partial charge in [-0.1, -0.05) is 6.92 Å². The SMILES string of the molecule is CCC(C)Nc1nc(-c2cccn(CCOC)c2=O)cs1. The zero-order valence-electron chi connectivity index (χ0n) is 12.6. The Hall–Kier alpha value is -1.66. The van der Waals surface area contributed by atoms with Crippen LogP contribution in [-0.4, -0.2) is 29.3 Å². The quantitative estimate of drug-likeness (QED) is 0.854. The normalized spacial score (nSPS) is 12.3. The van der Waals surface area contributed by atoms with Gasteiger partial charge in [0, 0.05) is 31.3 Å². The number of hydrogen-bond acceptors (Lipinski definition) is 5. The molecule has 5 nitrogen and oxygen atoms in total. The van der Waals surface area contributed by atoms with E-state index in [1.807, 2.05) is 17.5 Å². The van der Waals surface area contributed by atoms with Crippen LogP contribution in [-0.2, 0) is 11.3 Å². The second kappa shape index (κ2) is 7.38. The summed E-state index contributed by atoms with van der Waals surface area (Å²) in [5, 5.41) is 6.10. The molecule has 2 aromatic rings. The zero-order valence-corrected chi connectivity index (χ0v) is 13.4. The summed E-state index contributed by atoms with van der Waals surface area (Å²) in [6.45, 7) is 5.30. The Bertz CT molecular complexity index is 636. The molecule has 0 saturated heterocycles. The molecule has 1 atom stereocenters. The highest BCUT2D eigenvalue weighted by molar-refractivity contribution is 7.14. The van der Waals surface area contributed by atoms with Crippen molar-refractivity contribution in [1.82, 2.24) is 9.55 Å². The topological polar surface area (TPSA) is 56.1 Å². The molecule has 0 bridgehead atoms. The third-order valence-electron chi connectivity index (χ3n) is 3.32. The van der Waals surface area contributed by atoms with Crippen molar-refractivity contribution in [2.45, 2.75) is 32.9 Å². The summed E-state index contributed by atoms with van der Waals surface area (Å²) >= 11 is 1.53. The van der Waals surface area contributed by atoms with Crippen molar-refractivity contribution in [2.24, 2.45) is 0 Å². The lowest BCUT2D eigenvalue weighted by molar-refractivity contribution is 0.186. The van der Waals surface area contributed by atoms with Crippen LogP contribution in [0.25, 0.3) is 11.3 Å². The number of pyridine rings is 1. The smallest absolute Gasteiger partial charge is 0.260 e. The molecule has 0 spiro atoms. The van der Waals surface area contributed by atoms with Gasteiger partial charge in [-0.05, 0) is 25.5 Å². The first-order valence-electron chi connectivity index (χ1n) is 7.06. The zero-order chi connectivity index (χ0) is 15.2. The molecule has 0 saturated carbocycles. The van der Waals surface area contributed by atoms with Crippen LogP contribution in [0.3, 0.4) is 0 Å². The van der Waals surface area contributed by atoms with Crippen LogP contribution in [0.15, 0.2) is 28.5 Å². The van der Waals surface area contributed by atoms with Crippen molar-refractivity contribution in [1.29, 1.82) is 0 Å². The van der Waals surface area contributed by atoms with E-state index in [2.05, 4.69) is 24.1 Å². The van der Waals surface area contributed by atoms with Gasteiger partial charge in [0.05, 0.1) is 17.9 Å².